The second kappa shape index (κ2) is 5.62. The van der Waals surface area contributed by atoms with E-state index in [9.17, 15) is 9.59 Å². The lowest BCUT2D eigenvalue weighted by atomic mass is 10.1. The molecule has 0 saturated carbocycles. The molecule has 0 bridgehead atoms. The summed E-state index contributed by atoms with van der Waals surface area (Å²) in [5.41, 5.74) is 1.57. The Morgan fingerprint density at radius 2 is 2.00 bits per heavy atom. The van der Waals surface area contributed by atoms with Gasteiger partial charge in [0.05, 0.1) is 11.7 Å². The molecular weight excluding hydrogens is 264 g/mol. The molecule has 3 atom stereocenters. The zero-order valence-electron chi connectivity index (χ0n) is 11.7. The highest BCUT2D eigenvalue weighted by molar-refractivity contribution is 5.83. The molecule has 0 aliphatic carbocycles. The van der Waals surface area contributed by atoms with Gasteiger partial charge in [-0.15, -0.1) is 0 Å². The quantitative estimate of drug-likeness (QED) is 0.857. The Labute approximate surface area is 116 Å². The highest BCUT2D eigenvalue weighted by atomic mass is 16.5. The van der Waals surface area contributed by atoms with Gasteiger partial charge in [-0.2, -0.15) is 0 Å². The van der Waals surface area contributed by atoms with E-state index in [0.29, 0.717) is 18.6 Å². The van der Waals surface area contributed by atoms with Crippen LogP contribution < -0.4 is 5.32 Å². The van der Waals surface area contributed by atoms with Crippen LogP contribution in [0.5, 0.6) is 0 Å². The average molecular weight is 282 g/mol. The van der Waals surface area contributed by atoms with Crippen LogP contribution in [0.1, 0.15) is 42.8 Å². The number of aryl methyl sites for hydroxylation is 2. The van der Waals surface area contributed by atoms with Crippen LogP contribution in [0.25, 0.3) is 0 Å². The number of carboxylic acids is 1. The lowest BCUT2D eigenvalue weighted by Crippen LogP contribution is -2.37. The Bertz CT molecular complexity index is 505. The smallest absolute Gasteiger partial charge is 0.332 e. The van der Waals surface area contributed by atoms with Crippen molar-refractivity contribution in [2.75, 3.05) is 0 Å². The molecule has 0 spiro atoms. The number of ether oxygens (including phenoxy) is 1. The molecular formula is C13H18N2O5. The van der Waals surface area contributed by atoms with Crippen molar-refractivity contribution in [3.05, 3.63) is 17.0 Å². The Morgan fingerprint density at radius 1 is 1.35 bits per heavy atom. The third-order valence-electron chi connectivity index (χ3n) is 3.47. The van der Waals surface area contributed by atoms with Crippen molar-refractivity contribution in [1.82, 2.24) is 10.5 Å². The first-order chi connectivity index (χ1) is 9.40. The summed E-state index contributed by atoms with van der Waals surface area (Å²) in [6.45, 7) is 5.42. The van der Waals surface area contributed by atoms with Gasteiger partial charge in [0.2, 0.25) is 5.91 Å². The number of carbonyl (C=O) groups excluding carboxylic acids is 1. The standard InChI is InChI=1S/C13H18N2O5/c1-6(11-7(2)15-20-8(11)3)14-12(16)9-4-5-10(19-9)13(17)18/h6,9-10H,4-5H2,1-3H3,(H,14,16)(H,17,18). The summed E-state index contributed by atoms with van der Waals surface area (Å²) in [7, 11) is 0. The molecule has 1 fully saturated rings. The molecule has 1 aliphatic rings. The summed E-state index contributed by atoms with van der Waals surface area (Å²) in [5.74, 6) is -0.675. The maximum Gasteiger partial charge on any atom is 0.332 e. The molecule has 0 aromatic carbocycles. The molecule has 7 heteroatoms. The highest BCUT2D eigenvalue weighted by Gasteiger charge is 2.35. The van der Waals surface area contributed by atoms with Crippen LogP contribution in [0, 0.1) is 13.8 Å². The summed E-state index contributed by atoms with van der Waals surface area (Å²) in [4.78, 5) is 22.9. The van der Waals surface area contributed by atoms with Gasteiger partial charge in [0, 0.05) is 5.56 Å². The Hall–Kier alpha value is -1.89. The van der Waals surface area contributed by atoms with Crippen LogP contribution in [0.2, 0.25) is 0 Å². The molecule has 7 nitrogen and oxygen atoms in total. The number of nitrogens with one attached hydrogen (secondary N) is 1. The molecule has 20 heavy (non-hydrogen) atoms. The molecule has 2 heterocycles. The van der Waals surface area contributed by atoms with Gasteiger partial charge < -0.3 is 19.7 Å². The van der Waals surface area contributed by atoms with Crippen LogP contribution in [-0.2, 0) is 14.3 Å². The molecule has 110 valence electrons. The van der Waals surface area contributed by atoms with E-state index < -0.39 is 18.2 Å². The number of hydrogen-bond donors (Lipinski definition) is 2. The van der Waals surface area contributed by atoms with E-state index >= 15 is 0 Å². The summed E-state index contributed by atoms with van der Waals surface area (Å²) in [6, 6.07) is -0.263. The monoisotopic (exact) mass is 282 g/mol. The Kier molecular flexibility index (Phi) is 4.08. The van der Waals surface area contributed by atoms with Crippen LogP contribution in [0.4, 0.5) is 0 Å². The van der Waals surface area contributed by atoms with Gasteiger partial charge in [-0.3, -0.25) is 4.79 Å². The first-order valence-corrected chi connectivity index (χ1v) is 6.51. The van der Waals surface area contributed by atoms with Gasteiger partial charge in [-0.05, 0) is 33.6 Å². The van der Waals surface area contributed by atoms with Crippen molar-refractivity contribution in [2.24, 2.45) is 0 Å². The Balaban J connectivity index is 1.97. The van der Waals surface area contributed by atoms with Crippen molar-refractivity contribution in [3.63, 3.8) is 0 Å². The number of carboxylic acid groups (broad SMARTS) is 1. The van der Waals surface area contributed by atoms with Crippen molar-refractivity contribution < 1.29 is 24.0 Å². The van der Waals surface area contributed by atoms with Crippen LogP contribution in [0.15, 0.2) is 4.52 Å². The zero-order chi connectivity index (χ0) is 14.9. The number of aliphatic carboxylic acids is 1. The molecule has 3 unspecified atom stereocenters. The minimum Gasteiger partial charge on any atom is -0.479 e. The third kappa shape index (κ3) is 2.82. The number of nitrogens with zero attached hydrogens (tertiary/aromatic N) is 1. The maximum atomic E-state index is 12.1. The van der Waals surface area contributed by atoms with Crippen LogP contribution >= 0.6 is 0 Å². The van der Waals surface area contributed by atoms with E-state index in [0.717, 1.165) is 11.3 Å². The topological polar surface area (TPSA) is 102 Å². The van der Waals surface area contributed by atoms with Crippen molar-refractivity contribution in [2.45, 2.75) is 51.9 Å². The Morgan fingerprint density at radius 3 is 2.50 bits per heavy atom. The normalized spacial score (nSPS) is 23.6. The van der Waals surface area contributed by atoms with Crippen molar-refractivity contribution in [3.8, 4) is 0 Å². The lowest BCUT2D eigenvalue weighted by molar-refractivity contribution is -0.151. The summed E-state index contributed by atoms with van der Waals surface area (Å²) in [5, 5.41) is 15.5. The number of aromatic nitrogens is 1. The van der Waals surface area contributed by atoms with Gasteiger partial charge in [-0.25, -0.2) is 4.79 Å². The minimum absolute atomic E-state index is 0.263. The van der Waals surface area contributed by atoms with Gasteiger partial charge >= 0.3 is 5.97 Å². The molecule has 1 aromatic heterocycles. The summed E-state index contributed by atoms with van der Waals surface area (Å²) >= 11 is 0. The highest BCUT2D eigenvalue weighted by Crippen LogP contribution is 2.23. The number of hydrogen-bond acceptors (Lipinski definition) is 5. The predicted molar refractivity (Wildman–Crippen MR) is 68.1 cm³/mol. The molecule has 2 rings (SSSR count). The third-order valence-corrected chi connectivity index (χ3v) is 3.47. The number of carbonyl (C=O) groups is 2. The average Bonchev–Trinajstić information content (AvgIpc) is 2.96. The van der Waals surface area contributed by atoms with Crippen LogP contribution in [-0.4, -0.2) is 34.3 Å². The largest absolute Gasteiger partial charge is 0.479 e. The first kappa shape index (κ1) is 14.5. The van der Waals surface area contributed by atoms with E-state index in [-0.39, 0.29) is 11.9 Å². The SMILES string of the molecule is Cc1noc(C)c1C(C)NC(=O)C1CCC(C(=O)O)O1. The van der Waals surface area contributed by atoms with Gasteiger partial charge in [0.15, 0.2) is 6.10 Å². The second-order valence-corrected chi connectivity index (χ2v) is 5.00. The fraction of sp³-hybridized carbons (Fsp3) is 0.615. The number of rotatable bonds is 4. The lowest BCUT2D eigenvalue weighted by Gasteiger charge is -2.17. The maximum absolute atomic E-state index is 12.1. The van der Waals surface area contributed by atoms with E-state index in [4.69, 9.17) is 14.4 Å². The molecule has 1 aliphatic heterocycles. The minimum atomic E-state index is -1.03. The van der Waals surface area contributed by atoms with Gasteiger partial charge in [0.25, 0.3) is 0 Å². The first-order valence-electron chi connectivity index (χ1n) is 6.51. The van der Waals surface area contributed by atoms with Crippen molar-refractivity contribution >= 4 is 11.9 Å². The summed E-state index contributed by atoms with van der Waals surface area (Å²) < 4.78 is 10.3. The van der Waals surface area contributed by atoms with E-state index in [1.165, 1.54) is 0 Å². The molecule has 1 saturated heterocycles. The molecule has 1 aromatic rings. The van der Waals surface area contributed by atoms with Crippen molar-refractivity contribution in [1.29, 1.82) is 0 Å². The zero-order valence-corrected chi connectivity index (χ0v) is 11.7. The molecule has 0 radical (unpaired) electrons. The van der Waals surface area contributed by atoms with E-state index in [2.05, 4.69) is 10.5 Å². The fourth-order valence-electron chi connectivity index (χ4n) is 2.50. The molecule has 1 amide bonds. The van der Waals surface area contributed by atoms with Crippen LogP contribution in [0.3, 0.4) is 0 Å². The van der Waals surface area contributed by atoms with E-state index in [1.807, 2.05) is 6.92 Å². The number of amides is 1. The molecule has 2 N–H and O–H groups in total. The fourth-order valence-corrected chi connectivity index (χ4v) is 2.50. The predicted octanol–water partition coefficient (Wildman–Crippen LogP) is 1.10. The van der Waals surface area contributed by atoms with Gasteiger partial charge in [-0.1, -0.05) is 5.16 Å². The van der Waals surface area contributed by atoms with E-state index in [1.54, 1.807) is 13.8 Å². The van der Waals surface area contributed by atoms with Gasteiger partial charge in [0.1, 0.15) is 11.9 Å². The second-order valence-electron chi connectivity index (χ2n) is 5.00. The summed E-state index contributed by atoms with van der Waals surface area (Å²) in [6.07, 6.45) is -0.830.